The third-order valence-electron chi connectivity index (χ3n) is 3.01. The highest BCUT2D eigenvalue weighted by Gasteiger charge is 2.33. The first-order chi connectivity index (χ1) is 11.6. The molecule has 24 heavy (non-hydrogen) atoms. The fourth-order valence-corrected chi connectivity index (χ4v) is 4.56. The van der Waals surface area contributed by atoms with E-state index in [1.807, 2.05) is 24.4 Å². The Balaban J connectivity index is 1.65. The van der Waals surface area contributed by atoms with Gasteiger partial charge in [0, 0.05) is 4.88 Å². The van der Waals surface area contributed by atoms with E-state index < -0.39 is 0 Å². The van der Waals surface area contributed by atoms with Crippen LogP contribution in [0.15, 0.2) is 22.4 Å². The molecule has 0 saturated carbocycles. The zero-order chi connectivity index (χ0) is 17.1. The number of anilines is 1. The van der Waals surface area contributed by atoms with Crippen molar-refractivity contribution >= 4 is 74.0 Å². The van der Waals surface area contributed by atoms with Crippen molar-refractivity contribution in [1.82, 2.24) is 15.1 Å². The first-order valence-corrected chi connectivity index (χ1v) is 9.90. The highest BCUT2D eigenvalue weighted by atomic mass is 32.2. The second-order valence-electron chi connectivity index (χ2n) is 4.69. The van der Waals surface area contributed by atoms with E-state index in [0.29, 0.717) is 14.4 Å². The molecule has 0 atom stereocenters. The average molecular weight is 397 g/mol. The lowest BCUT2D eigenvalue weighted by atomic mass is 10.3. The number of carbonyl (C=O) groups excluding carboxylic acids is 2. The number of nitrogens with zero attached hydrogens (tertiary/aromatic N) is 3. The number of hydrogen-bond donors (Lipinski definition) is 1. The summed E-state index contributed by atoms with van der Waals surface area (Å²) in [4.78, 5) is 27.4. The van der Waals surface area contributed by atoms with Crippen LogP contribution < -0.4 is 5.32 Å². The van der Waals surface area contributed by atoms with Crippen molar-refractivity contribution in [2.24, 2.45) is 0 Å². The minimum atomic E-state index is -0.345. The molecule has 1 fully saturated rings. The van der Waals surface area contributed by atoms with Crippen LogP contribution in [0.2, 0.25) is 0 Å². The van der Waals surface area contributed by atoms with Crippen molar-refractivity contribution < 1.29 is 9.59 Å². The largest absolute Gasteiger partial charge is 0.299 e. The summed E-state index contributed by atoms with van der Waals surface area (Å²) < 4.78 is 0.379. The molecule has 2 amide bonds. The molecule has 2 aromatic rings. The van der Waals surface area contributed by atoms with Crippen molar-refractivity contribution in [2.45, 2.75) is 13.3 Å². The van der Waals surface area contributed by atoms with Crippen LogP contribution in [-0.2, 0) is 16.0 Å². The van der Waals surface area contributed by atoms with E-state index in [-0.39, 0.29) is 18.4 Å². The third-order valence-corrected chi connectivity index (χ3v) is 6.19. The molecule has 0 aromatic carbocycles. The molecule has 0 spiro atoms. The minimum absolute atomic E-state index is 0.131. The van der Waals surface area contributed by atoms with E-state index in [2.05, 4.69) is 15.5 Å². The molecule has 124 valence electrons. The van der Waals surface area contributed by atoms with Crippen LogP contribution in [0.4, 0.5) is 5.13 Å². The summed E-state index contributed by atoms with van der Waals surface area (Å²) in [7, 11) is 0. The lowest BCUT2D eigenvalue weighted by molar-refractivity contribution is -0.126. The lowest BCUT2D eigenvalue weighted by Gasteiger charge is -2.13. The van der Waals surface area contributed by atoms with Crippen LogP contribution >= 0.6 is 46.7 Å². The number of thiophene rings is 1. The molecule has 1 N–H and O–H groups in total. The zero-order valence-corrected chi connectivity index (χ0v) is 15.8. The maximum absolute atomic E-state index is 12.4. The van der Waals surface area contributed by atoms with E-state index in [9.17, 15) is 9.59 Å². The molecule has 10 heteroatoms. The summed E-state index contributed by atoms with van der Waals surface area (Å²) in [6.45, 7) is 1.83. The third kappa shape index (κ3) is 3.89. The van der Waals surface area contributed by atoms with Gasteiger partial charge in [0.15, 0.2) is 0 Å². The predicted molar refractivity (Wildman–Crippen MR) is 102 cm³/mol. The Morgan fingerprint density at radius 2 is 2.29 bits per heavy atom. The summed E-state index contributed by atoms with van der Waals surface area (Å²) in [5.41, 5.74) is 0. The maximum atomic E-state index is 12.4. The van der Waals surface area contributed by atoms with E-state index in [0.717, 1.165) is 16.3 Å². The van der Waals surface area contributed by atoms with Crippen molar-refractivity contribution in [2.75, 3.05) is 11.9 Å². The van der Waals surface area contributed by atoms with Crippen LogP contribution in [0.25, 0.3) is 6.08 Å². The molecule has 0 bridgehead atoms. The van der Waals surface area contributed by atoms with Gasteiger partial charge >= 0.3 is 0 Å². The maximum Gasteiger partial charge on any atom is 0.266 e. The number of thioether (sulfide) groups is 1. The number of carbonyl (C=O) groups is 2. The molecular formula is C14H12N4O2S4. The number of rotatable bonds is 5. The molecule has 0 aliphatic carbocycles. The predicted octanol–water partition coefficient (Wildman–Crippen LogP) is 3.00. The van der Waals surface area contributed by atoms with Crippen LogP contribution in [0, 0.1) is 0 Å². The second kappa shape index (κ2) is 7.51. The lowest BCUT2D eigenvalue weighted by Crippen LogP contribution is -2.36. The van der Waals surface area contributed by atoms with Gasteiger partial charge in [0.05, 0.1) is 4.91 Å². The average Bonchev–Trinajstić information content (AvgIpc) is 3.27. The number of aromatic nitrogens is 2. The summed E-state index contributed by atoms with van der Waals surface area (Å²) in [6.07, 6.45) is 2.55. The Labute approximate surface area is 156 Å². The van der Waals surface area contributed by atoms with E-state index in [4.69, 9.17) is 12.2 Å². The van der Waals surface area contributed by atoms with Crippen LogP contribution in [0.5, 0.6) is 0 Å². The van der Waals surface area contributed by atoms with Gasteiger partial charge in [-0.3, -0.25) is 19.8 Å². The van der Waals surface area contributed by atoms with Gasteiger partial charge in [-0.05, 0) is 23.9 Å². The van der Waals surface area contributed by atoms with Crippen molar-refractivity contribution in [3.05, 3.63) is 32.3 Å². The van der Waals surface area contributed by atoms with E-state index in [1.165, 1.54) is 39.3 Å². The molecule has 1 aliphatic rings. The molecule has 1 saturated heterocycles. The van der Waals surface area contributed by atoms with Gasteiger partial charge in [0.25, 0.3) is 5.91 Å². The van der Waals surface area contributed by atoms with Crippen molar-refractivity contribution in [1.29, 1.82) is 0 Å². The highest BCUT2D eigenvalue weighted by Crippen LogP contribution is 2.33. The fourth-order valence-electron chi connectivity index (χ4n) is 1.89. The number of hydrogen-bond acceptors (Lipinski definition) is 8. The SMILES string of the molecule is CCc1nnc(NC(=O)CN2C(=O)/C(=C\c3cccs3)SC2=S)s1. The van der Waals surface area contributed by atoms with Gasteiger partial charge in [-0.2, -0.15) is 0 Å². The Kier molecular flexibility index (Phi) is 5.39. The molecule has 3 rings (SSSR count). The van der Waals surface area contributed by atoms with Gasteiger partial charge < -0.3 is 0 Å². The summed E-state index contributed by atoms with van der Waals surface area (Å²) in [5, 5.41) is 13.7. The summed E-state index contributed by atoms with van der Waals surface area (Å²) >= 11 is 9.28. The molecule has 0 radical (unpaired) electrons. The standard InChI is InChI=1S/C14H12N4O2S4/c1-2-11-16-17-13(24-11)15-10(19)7-18-12(20)9(23-14(18)21)6-8-4-3-5-22-8/h3-6H,2,7H2,1H3,(H,15,17,19)/b9-6+. The Morgan fingerprint density at radius 1 is 1.46 bits per heavy atom. The van der Waals surface area contributed by atoms with Gasteiger partial charge in [-0.15, -0.1) is 21.5 Å². The van der Waals surface area contributed by atoms with Gasteiger partial charge in [-0.25, -0.2) is 0 Å². The quantitative estimate of drug-likeness (QED) is 0.619. The number of nitrogens with one attached hydrogen (secondary N) is 1. The van der Waals surface area contributed by atoms with Gasteiger partial charge in [-0.1, -0.05) is 48.3 Å². The van der Waals surface area contributed by atoms with Crippen LogP contribution in [-0.4, -0.2) is 37.8 Å². The van der Waals surface area contributed by atoms with Crippen LogP contribution in [0.1, 0.15) is 16.8 Å². The Bertz CT molecular complexity index is 813. The van der Waals surface area contributed by atoms with Crippen molar-refractivity contribution in [3.63, 3.8) is 0 Å². The van der Waals surface area contributed by atoms with E-state index >= 15 is 0 Å². The molecule has 2 aromatic heterocycles. The smallest absolute Gasteiger partial charge is 0.266 e. The topological polar surface area (TPSA) is 75.2 Å². The Hall–Kier alpha value is -1.62. The fraction of sp³-hybridized carbons (Fsp3) is 0.214. The molecule has 1 aliphatic heterocycles. The number of aryl methyl sites for hydroxylation is 1. The monoisotopic (exact) mass is 396 g/mol. The summed E-state index contributed by atoms with van der Waals surface area (Å²) in [6, 6.07) is 3.84. The first kappa shape index (κ1) is 17.2. The summed E-state index contributed by atoms with van der Waals surface area (Å²) in [5.74, 6) is -0.595. The molecule has 3 heterocycles. The normalized spacial score (nSPS) is 16.2. The zero-order valence-electron chi connectivity index (χ0n) is 12.5. The molecular weight excluding hydrogens is 384 g/mol. The second-order valence-corrected chi connectivity index (χ2v) is 8.40. The van der Waals surface area contributed by atoms with Crippen LogP contribution in [0.3, 0.4) is 0 Å². The first-order valence-electron chi connectivity index (χ1n) is 6.98. The van der Waals surface area contributed by atoms with E-state index in [1.54, 1.807) is 6.08 Å². The Morgan fingerprint density at radius 3 is 2.96 bits per heavy atom. The molecule has 6 nitrogen and oxygen atoms in total. The minimum Gasteiger partial charge on any atom is -0.299 e. The highest BCUT2D eigenvalue weighted by molar-refractivity contribution is 8.26. The van der Waals surface area contributed by atoms with Gasteiger partial charge in [0.1, 0.15) is 15.9 Å². The molecule has 0 unspecified atom stereocenters. The number of thiocarbonyl (C=S) groups is 1. The van der Waals surface area contributed by atoms with Gasteiger partial charge in [0.2, 0.25) is 11.0 Å². The van der Waals surface area contributed by atoms with Crippen molar-refractivity contribution in [3.8, 4) is 0 Å². The number of amides is 2.